The van der Waals surface area contributed by atoms with Crippen LogP contribution in [0.3, 0.4) is 0 Å². The molecule has 2 rings (SSSR count). The van der Waals surface area contributed by atoms with Gasteiger partial charge in [-0.3, -0.25) is 4.68 Å². The smallest absolute Gasteiger partial charge is 0.169 e. The molecule has 0 fully saturated rings. The number of aromatic nitrogens is 2. The summed E-state index contributed by atoms with van der Waals surface area (Å²) in [6.45, 7) is 7.75. The molecule has 0 saturated carbocycles. The summed E-state index contributed by atoms with van der Waals surface area (Å²) in [6.07, 6.45) is 0.751. The third-order valence-electron chi connectivity index (χ3n) is 3.24. The zero-order chi connectivity index (χ0) is 14.7. The van der Waals surface area contributed by atoms with E-state index in [0.29, 0.717) is 0 Å². The molecule has 1 unspecified atom stereocenters. The third-order valence-corrected chi connectivity index (χ3v) is 4.16. The number of halogens is 2. The molecule has 0 amide bonds. The Hall–Kier alpha value is -0.780. The molecule has 0 spiro atoms. The zero-order valence-electron chi connectivity index (χ0n) is 11.9. The van der Waals surface area contributed by atoms with Gasteiger partial charge in [0.05, 0.1) is 22.5 Å². The van der Waals surface area contributed by atoms with E-state index in [0.717, 1.165) is 46.4 Å². The monoisotopic (exact) mass is 359 g/mol. The predicted molar refractivity (Wildman–Crippen MR) is 84.2 cm³/mol. The molecule has 4 nitrogen and oxygen atoms in total. The van der Waals surface area contributed by atoms with Crippen LogP contribution in [0.1, 0.15) is 37.0 Å². The summed E-state index contributed by atoms with van der Waals surface area (Å²) in [4.78, 5) is 0. The molecule has 0 aromatic carbocycles. The first-order chi connectivity index (χ1) is 9.56. The molecule has 6 heteroatoms. The lowest BCUT2D eigenvalue weighted by atomic mass is 10.1. The molecule has 2 aromatic rings. The van der Waals surface area contributed by atoms with Crippen LogP contribution in [0.4, 0.5) is 0 Å². The van der Waals surface area contributed by atoms with Crippen LogP contribution in [-0.4, -0.2) is 16.3 Å². The molecule has 110 valence electrons. The average molecular weight is 361 g/mol. The minimum Gasteiger partial charge on any atom is -0.453 e. The molecule has 0 aliphatic carbocycles. The number of hydrogen-bond acceptors (Lipinski definition) is 3. The minimum absolute atomic E-state index is 0.0881. The summed E-state index contributed by atoms with van der Waals surface area (Å²) in [5.41, 5.74) is 1.92. The Bertz CT molecular complexity index is 579. The highest BCUT2D eigenvalue weighted by molar-refractivity contribution is 9.10. The number of aryl methyl sites for hydroxylation is 2. The fraction of sp³-hybridized carbons (Fsp3) is 0.500. The molecule has 0 aliphatic rings. The van der Waals surface area contributed by atoms with Gasteiger partial charge in [-0.05, 0) is 48.5 Å². The Morgan fingerprint density at radius 2 is 2.20 bits per heavy atom. The lowest BCUT2D eigenvalue weighted by Crippen LogP contribution is -2.23. The molecule has 2 aromatic heterocycles. The van der Waals surface area contributed by atoms with Gasteiger partial charge in [0.1, 0.15) is 5.76 Å². The van der Waals surface area contributed by atoms with Crippen LogP contribution in [0.25, 0.3) is 0 Å². The fourth-order valence-corrected chi connectivity index (χ4v) is 2.82. The second-order valence-electron chi connectivity index (χ2n) is 4.62. The van der Waals surface area contributed by atoms with Gasteiger partial charge in [-0.2, -0.15) is 5.10 Å². The van der Waals surface area contributed by atoms with Crippen molar-refractivity contribution in [2.45, 2.75) is 39.8 Å². The number of likely N-dealkylation sites (N-methyl/N-ethyl adjacent to an activating group) is 1. The van der Waals surface area contributed by atoms with Crippen molar-refractivity contribution in [3.8, 4) is 0 Å². The van der Waals surface area contributed by atoms with E-state index in [1.165, 1.54) is 0 Å². The Labute approximate surface area is 132 Å². The molecule has 1 atom stereocenters. The summed E-state index contributed by atoms with van der Waals surface area (Å²) >= 11 is 9.72. The fourth-order valence-electron chi connectivity index (χ4n) is 2.29. The quantitative estimate of drug-likeness (QED) is 0.843. The van der Waals surface area contributed by atoms with Crippen molar-refractivity contribution in [1.29, 1.82) is 0 Å². The van der Waals surface area contributed by atoms with Crippen molar-refractivity contribution in [3.63, 3.8) is 0 Å². The minimum atomic E-state index is 0.0881. The molecule has 20 heavy (non-hydrogen) atoms. The standard InChI is InChI=1S/C14H19BrClN3O/c1-4-17-10(12-6-7-13(15)20-12)8-11-14(16)9(3)18-19(11)5-2/h6-7,10,17H,4-5,8H2,1-3H3. The van der Waals surface area contributed by atoms with Crippen molar-refractivity contribution in [2.75, 3.05) is 6.54 Å². The molecule has 2 heterocycles. The highest BCUT2D eigenvalue weighted by Crippen LogP contribution is 2.28. The van der Waals surface area contributed by atoms with Crippen molar-refractivity contribution < 1.29 is 4.42 Å². The van der Waals surface area contributed by atoms with E-state index >= 15 is 0 Å². The van der Waals surface area contributed by atoms with Crippen molar-refractivity contribution >= 4 is 27.5 Å². The molecule has 0 radical (unpaired) electrons. The van der Waals surface area contributed by atoms with E-state index in [-0.39, 0.29) is 6.04 Å². The first-order valence-corrected chi connectivity index (χ1v) is 7.94. The maximum atomic E-state index is 6.38. The molecule has 1 N–H and O–H groups in total. The summed E-state index contributed by atoms with van der Waals surface area (Å²) in [5, 5.41) is 8.64. The zero-order valence-corrected chi connectivity index (χ0v) is 14.3. The van der Waals surface area contributed by atoms with Gasteiger partial charge < -0.3 is 9.73 Å². The van der Waals surface area contributed by atoms with E-state index in [1.807, 2.05) is 23.7 Å². The van der Waals surface area contributed by atoms with Crippen LogP contribution in [0, 0.1) is 6.92 Å². The van der Waals surface area contributed by atoms with Gasteiger partial charge in [0.15, 0.2) is 4.67 Å². The lowest BCUT2D eigenvalue weighted by Gasteiger charge is -2.16. The van der Waals surface area contributed by atoms with Crippen molar-refractivity contribution in [1.82, 2.24) is 15.1 Å². The SMILES string of the molecule is CCNC(Cc1c(Cl)c(C)nn1CC)c1ccc(Br)o1. The average Bonchev–Trinajstić information content (AvgIpc) is 2.96. The van der Waals surface area contributed by atoms with E-state index < -0.39 is 0 Å². The Morgan fingerprint density at radius 3 is 2.75 bits per heavy atom. The molecule has 0 saturated heterocycles. The van der Waals surface area contributed by atoms with Gasteiger partial charge in [0.2, 0.25) is 0 Å². The van der Waals surface area contributed by atoms with Crippen molar-refractivity contribution in [3.05, 3.63) is 39.0 Å². The Balaban J connectivity index is 2.28. The second-order valence-corrected chi connectivity index (χ2v) is 5.78. The number of nitrogens with zero attached hydrogens (tertiary/aromatic N) is 2. The summed E-state index contributed by atoms with van der Waals surface area (Å²) in [6, 6.07) is 3.97. The number of nitrogens with one attached hydrogen (secondary N) is 1. The predicted octanol–water partition coefficient (Wildman–Crippen LogP) is 4.11. The molecule has 0 aliphatic heterocycles. The van der Waals surface area contributed by atoms with Crippen LogP contribution in [0.15, 0.2) is 21.2 Å². The van der Waals surface area contributed by atoms with Gasteiger partial charge in [-0.15, -0.1) is 0 Å². The van der Waals surface area contributed by atoms with Crippen LogP contribution < -0.4 is 5.32 Å². The highest BCUT2D eigenvalue weighted by Gasteiger charge is 2.21. The lowest BCUT2D eigenvalue weighted by molar-refractivity contribution is 0.398. The maximum absolute atomic E-state index is 6.38. The topological polar surface area (TPSA) is 43.0 Å². The van der Waals surface area contributed by atoms with Crippen LogP contribution in [0.5, 0.6) is 0 Å². The van der Waals surface area contributed by atoms with Gasteiger partial charge in [0, 0.05) is 13.0 Å². The van der Waals surface area contributed by atoms with Gasteiger partial charge in [-0.1, -0.05) is 18.5 Å². The van der Waals surface area contributed by atoms with Crippen LogP contribution >= 0.6 is 27.5 Å². The first-order valence-electron chi connectivity index (χ1n) is 6.77. The Kier molecular flexibility index (Phi) is 5.29. The normalized spacial score (nSPS) is 12.8. The first kappa shape index (κ1) is 15.6. The van der Waals surface area contributed by atoms with Crippen molar-refractivity contribution in [2.24, 2.45) is 0 Å². The van der Waals surface area contributed by atoms with Gasteiger partial charge >= 0.3 is 0 Å². The van der Waals surface area contributed by atoms with Gasteiger partial charge in [0.25, 0.3) is 0 Å². The summed E-state index contributed by atoms with van der Waals surface area (Å²) in [7, 11) is 0. The summed E-state index contributed by atoms with van der Waals surface area (Å²) in [5.74, 6) is 0.899. The largest absolute Gasteiger partial charge is 0.453 e. The number of hydrogen-bond donors (Lipinski definition) is 1. The second kappa shape index (κ2) is 6.78. The van der Waals surface area contributed by atoms with Crippen LogP contribution in [-0.2, 0) is 13.0 Å². The number of furan rings is 1. The number of rotatable bonds is 6. The maximum Gasteiger partial charge on any atom is 0.169 e. The highest BCUT2D eigenvalue weighted by atomic mass is 79.9. The molecular weight excluding hydrogens is 342 g/mol. The van der Waals surface area contributed by atoms with E-state index in [4.69, 9.17) is 16.0 Å². The van der Waals surface area contributed by atoms with E-state index in [1.54, 1.807) is 0 Å². The van der Waals surface area contributed by atoms with Gasteiger partial charge in [-0.25, -0.2) is 0 Å². The van der Waals surface area contributed by atoms with E-state index in [9.17, 15) is 0 Å². The molecule has 0 bridgehead atoms. The molecular formula is C14H19BrClN3O. The van der Waals surface area contributed by atoms with E-state index in [2.05, 4.69) is 40.2 Å². The summed E-state index contributed by atoms with van der Waals surface area (Å²) < 4.78 is 8.37. The van der Waals surface area contributed by atoms with Crippen LogP contribution in [0.2, 0.25) is 5.02 Å². The third kappa shape index (κ3) is 3.27. The Morgan fingerprint density at radius 1 is 1.45 bits per heavy atom.